The summed E-state index contributed by atoms with van der Waals surface area (Å²) in [6.07, 6.45) is 0.271. The van der Waals surface area contributed by atoms with E-state index in [2.05, 4.69) is 21.0 Å². The van der Waals surface area contributed by atoms with Crippen LogP contribution in [0.2, 0.25) is 5.02 Å². The van der Waals surface area contributed by atoms with Gasteiger partial charge < -0.3 is 0 Å². The highest BCUT2D eigenvalue weighted by atomic mass is 35.5. The van der Waals surface area contributed by atoms with E-state index in [1.165, 1.54) is 36.0 Å². The van der Waals surface area contributed by atoms with Crippen LogP contribution in [0.25, 0.3) is 5.69 Å². The fourth-order valence-corrected chi connectivity index (χ4v) is 6.89. The summed E-state index contributed by atoms with van der Waals surface area (Å²) in [6.45, 7) is 3.98. The highest BCUT2D eigenvalue weighted by Gasteiger charge is 2.29. The van der Waals surface area contributed by atoms with Gasteiger partial charge in [0.2, 0.25) is 10.0 Å². The second-order valence-corrected chi connectivity index (χ2v) is 13.1. The normalized spacial score (nSPS) is 12.3. The molecule has 5 aromatic rings. The number of nitro benzene ring substituents is 1. The number of sulfonamides is 1. The van der Waals surface area contributed by atoms with Crippen molar-refractivity contribution < 1.29 is 13.3 Å². The van der Waals surface area contributed by atoms with E-state index in [4.69, 9.17) is 11.6 Å². The Morgan fingerprint density at radius 3 is 2.35 bits per heavy atom. The Labute approximate surface area is 259 Å². The molecule has 1 heterocycles. The first kappa shape index (κ1) is 30.4. The zero-order chi connectivity index (χ0) is 30.6. The average Bonchev–Trinajstić information content (AvgIpc) is 3.41. The number of hydrogen-bond donors (Lipinski definition) is 1. The van der Waals surface area contributed by atoms with Crippen molar-refractivity contribution in [3.8, 4) is 5.69 Å². The molecule has 0 radical (unpaired) electrons. The molecule has 0 aliphatic rings. The van der Waals surface area contributed by atoms with Gasteiger partial charge >= 0.3 is 0 Å². The van der Waals surface area contributed by atoms with Gasteiger partial charge in [0, 0.05) is 22.9 Å². The lowest BCUT2D eigenvalue weighted by atomic mass is 10.1. The van der Waals surface area contributed by atoms with E-state index in [0.717, 1.165) is 27.9 Å². The number of nitrogens with one attached hydrogen (secondary N) is 1. The zero-order valence-electron chi connectivity index (χ0n) is 23.3. The quantitative estimate of drug-likeness (QED) is 0.0944. The number of hydrogen-bond acceptors (Lipinski definition) is 7. The first-order chi connectivity index (χ1) is 20.6. The first-order valence-electron chi connectivity index (χ1n) is 13.3. The van der Waals surface area contributed by atoms with Crippen molar-refractivity contribution in [3.63, 3.8) is 0 Å². The Morgan fingerprint density at radius 2 is 1.65 bits per heavy atom. The molecule has 0 saturated carbocycles. The molecule has 0 aliphatic heterocycles. The Balaban J connectivity index is 1.60. The third kappa shape index (κ3) is 7.31. The van der Waals surface area contributed by atoms with Gasteiger partial charge in [0.15, 0.2) is 11.0 Å². The van der Waals surface area contributed by atoms with Crippen LogP contribution < -0.4 is 4.72 Å². The average molecular weight is 634 g/mol. The molecule has 5 rings (SSSR count). The third-order valence-corrected chi connectivity index (χ3v) is 9.49. The van der Waals surface area contributed by atoms with Gasteiger partial charge in [-0.2, -0.15) is 0 Å². The number of rotatable bonds is 11. The molecule has 1 N–H and O–H groups in total. The lowest BCUT2D eigenvalue weighted by Crippen LogP contribution is -2.32. The van der Waals surface area contributed by atoms with E-state index in [1.807, 2.05) is 79.1 Å². The van der Waals surface area contributed by atoms with Crippen LogP contribution in [0.15, 0.2) is 107 Å². The second-order valence-electron chi connectivity index (χ2n) is 10.00. The lowest BCUT2D eigenvalue weighted by Gasteiger charge is -2.21. The molecule has 1 unspecified atom stereocenters. The highest BCUT2D eigenvalue weighted by molar-refractivity contribution is 7.98. The minimum absolute atomic E-state index is 0.102. The predicted octanol–water partition coefficient (Wildman–Crippen LogP) is 7.00. The summed E-state index contributed by atoms with van der Waals surface area (Å²) in [5.41, 5.74) is 4.57. The second kappa shape index (κ2) is 13.1. The monoisotopic (exact) mass is 633 g/mol. The molecule has 0 spiro atoms. The molecule has 0 aliphatic carbocycles. The molecule has 9 nitrogen and oxygen atoms in total. The number of aryl methyl sites for hydroxylation is 2. The van der Waals surface area contributed by atoms with Crippen LogP contribution in [0.5, 0.6) is 0 Å². The number of non-ortho nitro benzene ring substituents is 1. The molecular weight excluding hydrogens is 606 g/mol. The molecule has 0 amide bonds. The maximum atomic E-state index is 13.6. The molecule has 0 fully saturated rings. The van der Waals surface area contributed by atoms with E-state index >= 15 is 0 Å². The Morgan fingerprint density at radius 1 is 0.930 bits per heavy atom. The largest absolute Gasteiger partial charge is 0.272 e. The smallest absolute Gasteiger partial charge is 0.269 e. The number of nitro groups is 1. The van der Waals surface area contributed by atoms with E-state index < -0.39 is 21.0 Å². The summed E-state index contributed by atoms with van der Waals surface area (Å²) in [4.78, 5) is 10.4. The van der Waals surface area contributed by atoms with Gasteiger partial charge in [-0.25, -0.2) is 13.1 Å². The number of thioether (sulfide) groups is 1. The molecule has 4 aromatic carbocycles. The molecule has 1 aromatic heterocycles. The molecular formula is C31H28ClN5O4S2. The van der Waals surface area contributed by atoms with Crippen molar-refractivity contribution in [2.45, 2.75) is 42.1 Å². The summed E-state index contributed by atoms with van der Waals surface area (Å²) < 4.78 is 31.9. The van der Waals surface area contributed by atoms with Gasteiger partial charge in [-0.05, 0) is 61.2 Å². The Kier molecular flexibility index (Phi) is 9.26. The van der Waals surface area contributed by atoms with Crippen LogP contribution in [-0.4, -0.2) is 28.1 Å². The van der Waals surface area contributed by atoms with Crippen molar-refractivity contribution >= 4 is 39.1 Å². The van der Waals surface area contributed by atoms with Crippen LogP contribution in [0.3, 0.4) is 0 Å². The number of halogens is 1. The fourth-order valence-electron chi connectivity index (χ4n) is 4.64. The van der Waals surface area contributed by atoms with Crippen molar-refractivity contribution in [2.24, 2.45) is 0 Å². The molecule has 0 bridgehead atoms. The fraction of sp³-hybridized carbons (Fsp3) is 0.161. The summed E-state index contributed by atoms with van der Waals surface area (Å²) in [5.74, 6) is 1.00. The Bertz CT molecular complexity index is 1860. The number of aromatic nitrogens is 3. The highest BCUT2D eigenvalue weighted by Crippen LogP contribution is 2.32. The number of nitrogens with zero attached hydrogens (tertiary/aromatic N) is 4. The van der Waals surface area contributed by atoms with Crippen molar-refractivity contribution in [2.75, 3.05) is 0 Å². The summed E-state index contributed by atoms with van der Waals surface area (Å²) in [6, 6.07) is 27.1. The van der Waals surface area contributed by atoms with Crippen LogP contribution in [-0.2, 0) is 22.2 Å². The van der Waals surface area contributed by atoms with E-state index in [-0.39, 0.29) is 17.0 Å². The van der Waals surface area contributed by atoms with Crippen molar-refractivity contribution in [1.82, 2.24) is 19.5 Å². The van der Waals surface area contributed by atoms with E-state index in [0.29, 0.717) is 21.8 Å². The van der Waals surface area contributed by atoms with E-state index in [9.17, 15) is 18.5 Å². The van der Waals surface area contributed by atoms with Crippen LogP contribution >= 0.6 is 23.4 Å². The van der Waals surface area contributed by atoms with Gasteiger partial charge in [-0.1, -0.05) is 89.6 Å². The van der Waals surface area contributed by atoms with Gasteiger partial charge in [0.05, 0.1) is 21.5 Å². The topological polar surface area (TPSA) is 120 Å². The molecule has 220 valence electrons. The van der Waals surface area contributed by atoms with Gasteiger partial charge in [0.25, 0.3) is 5.69 Å². The lowest BCUT2D eigenvalue weighted by molar-refractivity contribution is -0.384. The molecule has 1 atom stereocenters. The number of benzene rings is 4. The molecule has 12 heteroatoms. The van der Waals surface area contributed by atoms with Gasteiger partial charge in [-0.15, -0.1) is 10.2 Å². The van der Waals surface area contributed by atoms with Crippen LogP contribution in [0.1, 0.15) is 34.1 Å². The third-order valence-electron chi connectivity index (χ3n) is 6.77. The van der Waals surface area contributed by atoms with Crippen molar-refractivity contribution in [1.29, 1.82) is 0 Å². The van der Waals surface area contributed by atoms with E-state index in [1.54, 1.807) is 6.07 Å². The first-order valence-corrected chi connectivity index (χ1v) is 16.2. The van der Waals surface area contributed by atoms with Crippen molar-refractivity contribution in [3.05, 3.63) is 140 Å². The van der Waals surface area contributed by atoms with Crippen LogP contribution in [0, 0.1) is 24.0 Å². The molecule has 43 heavy (non-hydrogen) atoms. The maximum absolute atomic E-state index is 13.6. The van der Waals surface area contributed by atoms with Crippen LogP contribution in [0.4, 0.5) is 5.69 Å². The minimum atomic E-state index is -4.12. The Hall–Kier alpha value is -4.03. The summed E-state index contributed by atoms with van der Waals surface area (Å²) in [5, 5.41) is 21.3. The maximum Gasteiger partial charge on any atom is 0.269 e. The zero-order valence-corrected chi connectivity index (χ0v) is 25.7. The minimum Gasteiger partial charge on any atom is -0.272 e. The van der Waals surface area contributed by atoms with Gasteiger partial charge in [-0.3, -0.25) is 14.7 Å². The SMILES string of the molecule is Cc1cccc(CSc2nnc(C(Cc3ccccc3)NS(=O)(=O)c3ccc([N+](=O)[O-])cc3)n2-c2cc(Cl)ccc2C)c1. The molecule has 0 saturated heterocycles. The van der Waals surface area contributed by atoms with Gasteiger partial charge in [0.1, 0.15) is 0 Å². The predicted molar refractivity (Wildman–Crippen MR) is 168 cm³/mol. The summed E-state index contributed by atoms with van der Waals surface area (Å²) in [7, 11) is -4.12. The standard InChI is InChI=1S/C31H28ClN5O4S2/c1-21-7-6-10-24(17-21)20-42-31-34-33-30(36(31)29-19-25(32)12-11-22(29)2)28(18-23-8-4-3-5-9-23)35-43(40,41)27-15-13-26(14-16-27)37(38)39/h3-17,19,28,35H,18,20H2,1-2H3. The summed E-state index contributed by atoms with van der Waals surface area (Å²) >= 11 is 7.93.